The third-order valence-electron chi connectivity index (χ3n) is 3.46. The molecule has 0 spiro atoms. The van der Waals surface area contributed by atoms with Crippen LogP contribution in [0.5, 0.6) is 0 Å². The molecule has 0 saturated heterocycles. The molecule has 0 bridgehead atoms. The van der Waals surface area contributed by atoms with Crippen molar-refractivity contribution in [2.45, 2.75) is 19.9 Å². The number of rotatable bonds is 7. The number of nitrogens with one attached hydrogen (secondary N) is 2. The van der Waals surface area contributed by atoms with Crippen molar-refractivity contribution in [2.75, 3.05) is 11.9 Å². The zero-order chi connectivity index (χ0) is 18.5. The van der Waals surface area contributed by atoms with Crippen molar-refractivity contribution in [3.8, 4) is 11.3 Å². The van der Waals surface area contributed by atoms with Crippen LogP contribution in [-0.4, -0.2) is 43.1 Å². The van der Waals surface area contributed by atoms with Gasteiger partial charge in [-0.1, -0.05) is 6.92 Å². The first-order valence-electron chi connectivity index (χ1n) is 8.12. The highest BCUT2D eigenvalue weighted by Crippen LogP contribution is 2.21. The van der Waals surface area contributed by atoms with Crippen molar-refractivity contribution >= 4 is 17.6 Å². The molecule has 3 heterocycles. The molecule has 0 fully saturated rings. The molecule has 136 valence electrons. The molecule has 0 aromatic carbocycles. The van der Waals surface area contributed by atoms with E-state index in [0.717, 1.165) is 6.42 Å². The molecule has 0 atom stereocenters. The van der Waals surface area contributed by atoms with Gasteiger partial charge in [0.25, 0.3) is 5.91 Å². The molecular weight excluding hydrogens is 338 g/mol. The van der Waals surface area contributed by atoms with Gasteiger partial charge >= 0.3 is 0 Å². The molecule has 0 unspecified atom stereocenters. The van der Waals surface area contributed by atoms with E-state index in [9.17, 15) is 9.59 Å². The van der Waals surface area contributed by atoms with Crippen LogP contribution in [0.4, 0.5) is 5.82 Å². The van der Waals surface area contributed by atoms with Crippen LogP contribution >= 0.6 is 0 Å². The van der Waals surface area contributed by atoms with Crippen LogP contribution in [0.15, 0.2) is 35.1 Å². The maximum atomic E-state index is 12.0. The van der Waals surface area contributed by atoms with Gasteiger partial charge in [0.1, 0.15) is 12.3 Å². The number of furan rings is 1. The summed E-state index contributed by atoms with van der Waals surface area (Å²) in [6.07, 6.45) is 5.55. The van der Waals surface area contributed by atoms with E-state index in [1.165, 1.54) is 15.7 Å². The fraction of sp³-hybridized carbons (Fsp3) is 0.312. The maximum absolute atomic E-state index is 12.0. The molecule has 10 heteroatoms. The lowest BCUT2D eigenvalue weighted by Gasteiger charge is -2.01. The van der Waals surface area contributed by atoms with Gasteiger partial charge in [-0.25, -0.2) is 0 Å². The number of hydrogen-bond acceptors (Lipinski definition) is 6. The van der Waals surface area contributed by atoms with E-state index in [1.807, 2.05) is 6.92 Å². The van der Waals surface area contributed by atoms with Crippen molar-refractivity contribution in [3.63, 3.8) is 0 Å². The first-order valence-corrected chi connectivity index (χ1v) is 8.12. The van der Waals surface area contributed by atoms with Gasteiger partial charge in [0.15, 0.2) is 11.6 Å². The summed E-state index contributed by atoms with van der Waals surface area (Å²) in [7, 11) is 1.66. The summed E-state index contributed by atoms with van der Waals surface area (Å²) in [5.41, 5.74) is 0.673. The Hall–Kier alpha value is -3.43. The highest BCUT2D eigenvalue weighted by molar-refractivity contribution is 5.92. The van der Waals surface area contributed by atoms with Crippen LogP contribution in [-0.2, 0) is 18.4 Å². The predicted molar refractivity (Wildman–Crippen MR) is 92.2 cm³/mol. The first kappa shape index (κ1) is 17.4. The second kappa shape index (κ2) is 7.64. The van der Waals surface area contributed by atoms with Crippen LogP contribution in [0.25, 0.3) is 11.3 Å². The summed E-state index contributed by atoms with van der Waals surface area (Å²) >= 11 is 0. The van der Waals surface area contributed by atoms with E-state index in [0.29, 0.717) is 23.7 Å². The van der Waals surface area contributed by atoms with E-state index in [-0.39, 0.29) is 24.1 Å². The van der Waals surface area contributed by atoms with Crippen LogP contribution < -0.4 is 10.6 Å². The zero-order valence-corrected chi connectivity index (χ0v) is 14.5. The summed E-state index contributed by atoms with van der Waals surface area (Å²) in [4.78, 5) is 25.2. The monoisotopic (exact) mass is 357 g/mol. The summed E-state index contributed by atoms with van der Waals surface area (Å²) in [6.45, 7) is 2.58. The maximum Gasteiger partial charge on any atom is 0.287 e. The molecule has 3 aromatic rings. The summed E-state index contributed by atoms with van der Waals surface area (Å²) in [6, 6.07) is 3.31. The van der Waals surface area contributed by atoms with Crippen LogP contribution in [0.2, 0.25) is 0 Å². The number of carbonyl (C=O) groups is 2. The quantitative estimate of drug-likeness (QED) is 0.652. The van der Waals surface area contributed by atoms with Gasteiger partial charge < -0.3 is 15.1 Å². The molecule has 2 N–H and O–H groups in total. The van der Waals surface area contributed by atoms with Gasteiger partial charge in [-0.05, 0) is 18.6 Å². The third kappa shape index (κ3) is 4.15. The molecule has 0 aliphatic heterocycles. The lowest BCUT2D eigenvalue weighted by molar-refractivity contribution is -0.116. The van der Waals surface area contributed by atoms with E-state index < -0.39 is 0 Å². The lowest BCUT2D eigenvalue weighted by atomic mass is 10.3. The topological polar surface area (TPSA) is 120 Å². The van der Waals surface area contributed by atoms with Crippen LogP contribution in [0.3, 0.4) is 0 Å². The minimum atomic E-state index is -0.278. The van der Waals surface area contributed by atoms with E-state index >= 15 is 0 Å². The van der Waals surface area contributed by atoms with E-state index in [1.54, 1.807) is 31.6 Å². The largest absolute Gasteiger partial charge is 0.451 e. The van der Waals surface area contributed by atoms with Crippen molar-refractivity contribution < 1.29 is 14.0 Å². The molecule has 2 amide bonds. The Morgan fingerprint density at radius 3 is 2.81 bits per heavy atom. The van der Waals surface area contributed by atoms with Crippen LogP contribution in [0.1, 0.15) is 23.9 Å². The first-order chi connectivity index (χ1) is 12.5. The van der Waals surface area contributed by atoms with Gasteiger partial charge in [0, 0.05) is 19.8 Å². The second-order valence-electron chi connectivity index (χ2n) is 5.61. The van der Waals surface area contributed by atoms with E-state index in [2.05, 4.69) is 25.9 Å². The predicted octanol–water partition coefficient (Wildman–Crippen LogP) is 1.05. The molecule has 26 heavy (non-hydrogen) atoms. The SMILES string of the molecule is CCCNC(=O)c1ccc(-c2cnn(CC(=O)Nc3cnn(C)n3)c2)o1. The molecule has 0 radical (unpaired) electrons. The van der Waals surface area contributed by atoms with Gasteiger partial charge in [0.2, 0.25) is 5.91 Å². The summed E-state index contributed by atoms with van der Waals surface area (Å²) in [5.74, 6) is 0.584. The number of nitrogens with zero attached hydrogens (tertiary/aromatic N) is 5. The summed E-state index contributed by atoms with van der Waals surface area (Å²) < 4.78 is 7.03. The molecule has 0 aliphatic rings. The minimum Gasteiger partial charge on any atom is -0.451 e. The summed E-state index contributed by atoms with van der Waals surface area (Å²) in [5, 5.41) is 17.4. The molecule has 0 saturated carbocycles. The average Bonchev–Trinajstić information content (AvgIpc) is 3.33. The average molecular weight is 357 g/mol. The molecule has 0 aliphatic carbocycles. The van der Waals surface area contributed by atoms with E-state index in [4.69, 9.17) is 4.42 Å². The highest BCUT2D eigenvalue weighted by atomic mass is 16.3. The Balaban J connectivity index is 1.61. The van der Waals surface area contributed by atoms with Gasteiger partial charge in [-0.15, -0.1) is 5.10 Å². The second-order valence-corrected chi connectivity index (χ2v) is 5.61. The van der Waals surface area contributed by atoms with Crippen molar-refractivity contribution in [1.29, 1.82) is 0 Å². The zero-order valence-electron chi connectivity index (χ0n) is 14.5. The third-order valence-corrected chi connectivity index (χ3v) is 3.46. The number of hydrogen-bond donors (Lipinski definition) is 2. The fourth-order valence-electron chi connectivity index (χ4n) is 2.25. The van der Waals surface area contributed by atoms with Gasteiger partial charge in [-0.2, -0.15) is 15.0 Å². The smallest absolute Gasteiger partial charge is 0.287 e. The van der Waals surface area contributed by atoms with Crippen molar-refractivity contribution in [2.24, 2.45) is 7.05 Å². The number of carbonyl (C=O) groups excluding carboxylic acids is 2. The number of aromatic nitrogens is 5. The number of anilines is 1. The van der Waals surface area contributed by atoms with Gasteiger partial charge in [0.05, 0.1) is 18.0 Å². The molecule has 3 aromatic heterocycles. The van der Waals surface area contributed by atoms with Gasteiger partial charge in [-0.3, -0.25) is 14.3 Å². The Bertz CT molecular complexity index is 908. The molecular formula is C16H19N7O3. The number of amides is 2. The van der Waals surface area contributed by atoms with Crippen molar-refractivity contribution in [3.05, 3.63) is 36.5 Å². The standard InChI is InChI=1S/C16H19N7O3/c1-3-6-17-16(25)13-5-4-12(26-13)11-7-19-23(9-11)10-15(24)20-14-8-18-22(2)21-14/h4-5,7-9H,3,6,10H2,1-2H3,(H,17,25)(H,20,21,24). The molecule has 10 nitrogen and oxygen atoms in total. The van der Waals surface area contributed by atoms with Crippen molar-refractivity contribution in [1.82, 2.24) is 30.1 Å². The fourth-order valence-corrected chi connectivity index (χ4v) is 2.25. The lowest BCUT2D eigenvalue weighted by Crippen LogP contribution is -2.23. The Morgan fingerprint density at radius 1 is 1.23 bits per heavy atom. The Kier molecular flexibility index (Phi) is 5.11. The number of aryl methyl sites for hydroxylation is 1. The molecule has 3 rings (SSSR count). The Morgan fingerprint density at radius 2 is 2.08 bits per heavy atom. The minimum absolute atomic E-state index is 0.0150. The Labute approximate surface area is 149 Å². The van der Waals surface area contributed by atoms with Crippen LogP contribution in [0, 0.1) is 0 Å². The normalized spacial score (nSPS) is 10.7. The highest BCUT2D eigenvalue weighted by Gasteiger charge is 2.14.